The first-order valence-corrected chi connectivity index (χ1v) is 9.06. The van der Waals surface area contributed by atoms with Gasteiger partial charge >= 0.3 is 0 Å². The Morgan fingerprint density at radius 1 is 1.27 bits per heavy atom. The van der Waals surface area contributed by atoms with E-state index >= 15 is 0 Å². The molecule has 1 aliphatic heterocycles. The molecule has 26 heavy (non-hydrogen) atoms. The highest BCUT2D eigenvalue weighted by Crippen LogP contribution is 2.28. The van der Waals surface area contributed by atoms with E-state index in [1.807, 2.05) is 28.8 Å². The van der Waals surface area contributed by atoms with Gasteiger partial charge in [0.15, 0.2) is 0 Å². The van der Waals surface area contributed by atoms with Gasteiger partial charge in [-0.15, -0.1) is 0 Å². The van der Waals surface area contributed by atoms with E-state index in [1.165, 1.54) is 11.0 Å². The number of nitro groups is 1. The summed E-state index contributed by atoms with van der Waals surface area (Å²) in [5.41, 5.74) is 3.47. The maximum absolute atomic E-state index is 11.2. The molecule has 134 valence electrons. The molecule has 0 amide bonds. The van der Waals surface area contributed by atoms with E-state index in [2.05, 4.69) is 5.32 Å². The molecule has 7 nitrogen and oxygen atoms in total. The van der Waals surface area contributed by atoms with Crippen molar-refractivity contribution in [1.82, 2.24) is 9.38 Å². The second kappa shape index (κ2) is 7.03. The number of hydrogen-bond acceptors (Lipinski definition) is 3. The predicted molar refractivity (Wildman–Crippen MR) is 98.4 cm³/mol. The van der Waals surface area contributed by atoms with Crippen LogP contribution < -0.4 is 10.2 Å². The number of piperazine rings is 1. The number of aromatic nitrogens is 2. The van der Waals surface area contributed by atoms with Crippen molar-refractivity contribution in [2.75, 3.05) is 26.2 Å². The first-order chi connectivity index (χ1) is 12.6. The Bertz CT molecular complexity index is 965. The van der Waals surface area contributed by atoms with Crippen LogP contribution in [-0.4, -0.2) is 40.5 Å². The van der Waals surface area contributed by atoms with Crippen molar-refractivity contribution in [3.8, 4) is 11.3 Å². The molecule has 0 radical (unpaired) electrons. The lowest BCUT2D eigenvalue weighted by Gasteiger charge is -2.22. The molecule has 4 rings (SSSR count). The van der Waals surface area contributed by atoms with E-state index in [4.69, 9.17) is 16.6 Å². The Morgan fingerprint density at radius 2 is 2.08 bits per heavy atom. The zero-order valence-electron chi connectivity index (χ0n) is 14.2. The molecule has 1 aromatic carbocycles. The molecular weight excluding hydrogens is 354 g/mol. The van der Waals surface area contributed by atoms with Crippen molar-refractivity contribution >= 4 is 22.9 Å². The number of pyridine rings is 1. The van der Waals surface area contributed by atoms with Gasteiger partial charge in [0.2, 0.25) is 0 Å². The number of imidazole rings is 1. The molecule has 1 saturated heterocycles. The van der Waals surface area contributed by atoms with Crippen LogP contribution in [0.25, 0.3) is 16.9 Å². The number of nitro benzene ring substituents is 1. The number of halogens is 1. The number of hydrogen-bond donors (Lipinski definition) is 2. The van der Waals surface area contributed by atoms with Crippen LogP contribution in [0.1, 0.15) is 5.69 Å². The number of fused-ring (bicyclic) bond motifs is 1. The molecule has 3 heterocycles. The number of benzene rings is 1. The summed E-state index contributed by atoms with van der Waals surface area (Å²) in [4.78, 5) is 17.0. The second-order valence-electron chi connectivity index (χ2n) is 6.58. The average molecular weight is 374 g/mol. The Balaban J connectivity index is 1.83. The summed E-state index contributed by atoms with van der Waals surface area (Å²) in [7, 11) is 0. The summed E-state index contributed by atoms with van der Waals surface area (Å²) >= 11 is 6.21. The molecule has 2 aromatic heterocycles. The molecule has 0 bridgehead atoms. The minimum atomic E-state index is -0.373. The SMILES string of the molecule is O=[N+]([O-])c1cccc(-c2nc3ccc(Cl)cn3c2C[NH+]2CC[NH2+]CC2)c1. The van der Waals surface area contributed by atoms with Gasteiger partial charge in [-0.2, -0.15) is 0 Å². The lowest BCUT2D eigenvalue weighted by atomic mass is 10.1. The number of quaternary nitrogens is 2. The second-order valence-corrected chi connectivity index (χ2v) is 7.02. The molecule has 0 spiro atoms. The molecule has 0 aliphatic carbocycles. The fourth-order valence-electron chi connectivity index (χ4n) is 3.53. The van der Waals surface area contributed by atoms with Crippen LogP contribution in [0.4, 0.5) is 5.69 Å². The molecule has 1 aliphatic rings. The number of rotatable bonds is 4. The molecule has 0 saturated carbocycles. The van der Waals surface area contributed by atoms with Gasteiger partial charge in [-0.1, -0.05) is 23.7 Å². The fourth-order valence-corrected chi connectivity index (χ4v) is 3.69. The summed E-state index contributed by atoms with van der Waals surface area (Å²) in [6, 6.07) is 10.4. The first kappa shape index (κ1) is 17.0. The predicted octanol–water partition coefficient (Wildman–Crippen LogP) is 0.525. The van der Waals surface area contributed by atoms with E-state index in [0.29, 0.717) is 5.02 Å². The topological polar surface area (TPSA) is 81.5 Å². The zero-order valence-corrected chi connectivity index (χ0v) is 14.9. The standard InChI is InChI=1S/C18H18ClN5O2/c19-14-4-5-17-21-18(13-2-1-3-15(10-13)24(25)26)16(23(17)11-14)12-22-8-6-20-7-9-22/h1-5,10-11,20H,6-9,12H2/p+2. The highest BCUT2D eigenvalue weighted by Gasteiger charge is 2.23. The Morgan fingerprint density at radius 3 is 2.85 bits per heavy atom. The average Bonchev–Trinajstić information content (AvgIpc) is 3.00. The summed E-state index contributed by atoms with van der Waals surface area (Å²) in [5.74, 6) is 0. The summed E-state index contributed by atoms with van der Waals surface area (Å²) in [5, 5.41) is 14.1. The Kier molecular flexibility index (Phi) is 4.58. The maximum Gasteiger partial charge on any atom is 0.270 e. The minimum Gasteiger partial charge on any atom is -0.337 e. The van der Waals surface area contributed by atoms with Crippen molar-refractivity contribution < 1.29 is 15.1 Å². The summed E-state index contributed by atoms with van der Waals surface area (Å²) in [6.45, 7) is 5.20. The Hall–Kier alpha value is -2.48. The van der Waals surface area contributed by atoms with E-state index in [0.717, 1.165) is 55.3 Å². The van der Waals surface area contributed by atoms with Gasteiger partial charge in [0.25, 0.3) is 5.69 Å². The number of nitrogens with one attached hydrogen (secondary N) is 1. The van der Waals surface area contributed by atoms with Crippen molar-refractivity contribution in [2.24, 2.45) is 0 Å². The highest BCUT2D eigenvalue weighted by atomic mass is 35.5. The molecule has 0 atom stereocenters. The minimum absolute atomic E-state index is 0.0726. The Labute approximate surface area is 155 Å². The van der Waals surface area contributed by atoms with Gasteiger partial charge in [0.05, 0.1) is 15.6 Å². The third kappa shape index (κ3) is 3.29. The summed E-state index contributed by atoms with van der Waals surface area (Å²) in [6.07, 6.45) is 1.87. The van der Waals surface area contributed by atoms with Crippen LogP contribution >= 0.6 is 11.6 Å². The molecular formula is C18H20ClN5O2+2. The van der Waals surface area contributed by atoms with Crippen molar-refractivity contribution in [3.63, 3.8) is 0 Å². The molecule has 8 heteroatoms. The van der Waals surface area contributed by atoms with Gasteiger partial charge in [0.1, 0.15) is 44.1 Å². The first-order valence-electron chi connectivity index (χ1n) is 8.68. The van der Waals surface area contributed by atoms with Gasteiger partial charge in [-0.25, -0.2) is 4.98 Å². The normalized spacial score (nSPS) is 15.4. The van der Waals surface area contributed by atoms with Gasteiger partial charge in [-0.05, 0) is 12.1 Å². The summed E-state index contributed by atoms with van der Waals surface area (Å²) < 4.78 is 2.02. The fraction of sp³-hybridized carbons (Fsp3) is 0.278. The van der Waals surface area contributed by atoms with Crippen LogP contribution in [0.15, 0.2) is 42.6 Å². The quantitative estimate of drug-likeness (QED) is 0.517. The number of nitrogens with two attached hydrogens (primary N) is 1. The highest BCUT2D eigenvalue weighted by molar-refractivity contribution is 6.30. The van der Waals surface area contributed by atoms with Gasteiger partial charge in [0, 0.05) is 23.9 Å². The van der Waals surface area contributed by atoms with Crippen LogP contribution in [0.5, 0.6) is 0 Å². The van der Waals surface area contributed by atoms with Gasteiger partial charge < -0.3 is 10.2 Å². The van der Waals surface area contributed by atoms with Crippen molar-refractivity contribution in [3.05, 3.63) is 63.4 Å². The van der Waals surface area contributed by atoms with E-state index in [-0.39, 0.29) is 10.6 Å². The van der Waals surface area contributed by atoms with E-state index in [1.54, 1.807) is 12.1 Å². The van der Waals surface area contributed by atoms with Crippen LogP contribution in [0.2, 0.25) is 5.02 Å². The lowest BCUT2D eigenvalue weighted by molar-refractivity contribution is -0.958. The molecule has 3 aromatic rings. The van der Waals surface area contributed by atoms with Crippen LogP contribution in [0, 0.1) is 10.1 Å². The number of nitrogens with zero attached hydrogens (tertiary/aromatic N) is 3. The van der Waals surface area contributed by atoms with E-state index in [9.17, 15) is 10.1 Å². The van der Waals surface area contributed by atoms with E-state index < -0.39 is 0 Å². The molecule has 3 N–H and O–H groups in total. The zero-order chi connectivity index (χ0) is 18.1. The third-order valence-corrected chi connectivity index (χ3v) is 5.06. The lowest BCUT2D eigenvalue weighted by Crippen LogP contribution is -3.19. The molecule has 0 unspecified atom stereocenters. The molecule has 1 fully saturated rings. The third-order valence-electron chi connectivity index (χ3n) is 4.83. The monoisotopic (exact) mass is 373 g/mol. The maximum atomic E-state index is 11.2. The smallest absolute Gasteiger partial charge is 0.270 e. The number of non-ortho nitro benzene ring substituents is 1. The van der Waals surface area contributed by atoms with Gasteiger partial charge in [-0.3, -0.25) is 14.5 Å². The van der Waals surface area contributed by atoms with Crippen molar-refractivity contribution in [2.45, 2.75) is 6.54 Å². The van der Waals surface area contributed by atoms with Crippen molar-refractivity contribution in [1.29, 1.82) is 0 Å². The van der Waals surface area contributed by atoms with Crippen LogP contribution in [0.3, 0.4) is 0 Å². The van der Waals surface area contributed by atoms with Crippen LogP contribution in [-0.2, 0) is 6.54 Å². The largest absolute Gasteiger partial charge is 0.337 e.